The van der Waals surface area contributed by atoms with Gasteiger partial charge < -0.3 is 5.32 Å². The van der Waals surface area contributed by atoms with Crippen LogP contribution in [0, 0.1) is 5.82 Å². The van der Waals surface area contributed by atoms with Gasteiger partial charge >= 0.3 is 0 Å². The van der Waals surface area contributed by atoms with Crippen LogP contribution in [0.2, 0.25) is 0 Å². The van der Waals surface area contributed by atoms with Crippen molar-refractivity contribution in [2.24, 2.45) is 0 Å². The minimum atomic E-state index is -0.369. The highest BCUT2D eigenvalue weighted by Gasteiger charge is 2.12. The van der Waals surface area contributed by atoms with Crippen molar-refractivity contribution in [1.29, 1.82) is 0 Å². The lowest BCUT2D eigenvalue weighted by Gasteiger charge is -2.09. The van der Waals surface area contributed by atoms with Gasteiger partial charge in [-0.05, 0) is 46.3 Å². The highest BCUT2D eigenvalue weighted by atomic mass is 79.9. The number of halogens is 2. The largest absolute Gasteiger partial charge is 0.321 e. The van der Waals surface area contributed by atoms with Crippen LogP contribution in [-0.4, -0.2) is 10.9 Å². The van der Waals surface area contributed by atoms with Crippen LogP contribution in [0.5, 0.6) is 0 Å². The molecule has 1 amide bonds. The zero-order chi connectivity index (χ0) is 14.8. The number of fused-ring (bicyclic) bond motifs is 1. The van der Waals surface area contributed by atoms with E-state index in [1.54, 1.807) is 18.3 Å². The molecule has 0 atom stereocenters. The number of amides is 1. The average Bonchev–Trinajstić information content (AvgIpc) is 2.49. The van der Waals surface area contributed by atoms with Crippen molar-refractivity contribution in [3.8, 4) is 0 Å². The van der Waals surface area contributed by atoms with Gasteiger partial charge in [-0.2, -0.15) is 0 Å². The summed E-state index contributed by atoms with van der Waals surface area (Å²) in [6.45, 7) is 0. The van der Waals surface area contributed by atoms with Crippen LogP contribution in [0.1, 0.15) is 10.4 Å². The number of pyridine rings is 1. The molecule has 0 fully saturated rings. The third-order valence-corrected chi connectivity index (χ3v) is 3.71. The lowest BCUT2D eigenvalue weighted by molar-refractivity contribution is 0.102. The molecule has 1 heterocycles. The van der Waals surface area contributed by atoms with Crippen LogP contribution in [0.25, 0.3) is 10.9 Å². The van der Waals surface area contributed by atoms with Crippen LogP contribution in [0.4, 0.5) is 10.1 Å². The Kier molecular flexibility index (Phi) is 3.66. The van der Waals surface area contributed by atoms with Crippen molar-refractivity contribution in [3.05, 3.63) is 70.6 Å². The molecule has 0 spiro atoms. The second kappa shape index (κ2) is 5.61. The Morgan fingerprint density at radius 3 is 2.76 bits per heavy atom. The third kappa shape index (κ3) is 2.78. The van der Waals surface area contributed by atoms with Gasteiger partial charge in [0.15, 0.2) is 0 Å². The van der Waals surface area contributed by atoms with Crippen LogP contribution in [-0.2, 0) is 0 Å². The van der Waals surface area contributed by atoms with E-state index in [4.69, 9.17) is 0 Å². The number of hydrogen-bond acceptors (Lipinski definition) is 2. The number of nitrogens with one attached hydrogen (secondary N) is 1. The number of para-hydroxylation sites is 1. The summed E-state index contributed by atoms with van der Waals surface area (Å²) >= 11 is 3.23. The Morgan fingerprint density at radius 2 is 1.95 bits per heavy atom. The Labute approximate surface area is 128 Å². The lowest BCUT2D eigenvalue weighted by atomic mass is 10.1. The van der Waals surface area contributed by atoms with Gasteiger partial charge in [0.05, 0.1) is 16.8 Å². The van der Waals surface area contributed by atoms with E-state index >= 15 is 0 Å². The smallest absolute Gasteiger partial charge is 0.257 e. The number of carbonyl (C=O) groups excluding carboxylic acids is 1. The quantitative estimate of drug-likeness (QED) is 0.749. The first-order valence-electron chi connectivity index (χ1n) is 6.25. The maximum atomic E-state index is 13.1. The Bertz CT molecular complexity index is 830. The summed E-state index contributed by atoms with van der Waals surface area (Å²) in [7, 11) is 0. The Hall–Kier alpha value is -2.27. The second-order valence-corrected chi connectivity index (χ2v) is 5.31. The minimum Gasteiger partial charge on any atom is -0.321 e. The van der Waals surface area contributed by atoms with Gasteiger partial charge in [-0.25, -0.2) is 4.39 Å². The first kappa shape index (κ1) is 13.7. The summed E-state index contributed by atoms with van der Waals surface area (Å²) in [6.07, 6.45) is 1.65. The summed E-state index contributed by atoms with van der Waals surface area (Å²) in [5.41, 5.74) is 1.62. The summed E-state index contributed by atoms with van der Waals surface area (Å²) < 4.78 is 13.6. The molecule has 0 bridgehead atoms. The molecule has 0 aliphatic carbocycles. The number of hydrogen-bond donors (Lipinski definition) is 1. The van der Waals surface area contributed by atoms with Crippen molar-refractivity contribution < 1.29 is 9.18 Å². The van der Waals surface area contributed by atoms with Crippen LogP contribution in [0.15, 0.2) is 59.2 Å². The average molecular weight is 345 g/mol. The van der Waals surface area contributed by atoms with E-state index in [0.717, 1.165) is 5.39 Å². The first-order chi connectivity index (χ1) is 10.1. The molecule has 0 saturated carbocycles. The zero-order valence-electron chi connectivity index (χ0n) is 10.8. The molecule has 3 rings (SSSR count). The van der Waals surface area contributed by atoms with E-state index in [9.17, 15) is 9.18 Å². The number of carbonyl (C=O) groups is 1. The van der Waals surface area contributed by atoms with E-state index in [2.05, 4.69) is 26.2 Å². The van der Waals surface area contributed by atoms with Crippen LogP contribution >= 0.6 is 15.9 Å². The molecule has 2 aromatic carbocycles. The molecule has 0 aliphatic rings. The van der Waals surface area contributed by atoms with Gasteiger partial charge in [-0.3, -0.25) is 9.78 Å². The highest BCUT2D eigenvalue weighted by Crippen LogP contribution is 2.24. The van der Waals surface area contributed by atoms with E-state index < -0.39 is 0 Å². The van der Waals surface area contributed by atoms with Gasteiger partial charge in [0.2, 0.25) is 0 Å². The maximum Gasteiger partial charge on any atom is 0.257 e. The molecule has 0 aliphatic heterocycles. The fraction of sp³-hybridized carbons (Fsp3) is 0. The minimum absolute atomic E-state index is 0.286. The molecular weight excluding hydrogens is 335 g/mol. The normalized spacial score (nSPS) is 10.6. The number of anilines is 1. The van der Waals surface area contributed by atoms with Crippen LogP contribution in [0.3, 0.4) is 0 Å². The van der Waals surface area contributed by atoms with Crippen molar-refractivity contribution >= 4 is 38.4 Å². The topological polar surface area (TPSA) is 42.0 Å². The van der Waals surface area contributed by atoms with E-state index in [0.29, 0.717) is 21.2 Å². The molecule has 0 unspecified atom stereocenters. The SMILES string of the molecule is O=C(Nc1ccc(F)cc1Br)c1cccc2cccnc12. The Balaban J connectivity index is 1.97. The highest BCUT2D eigenvalue weighted by molar-refractivity contribution is 9.10. The molecule has 3 nitrogen and oxygen atoms in total. The summed E-state index contributed by atoms with van der Waals surface area (Å²) in [5.74, 6) is -0.654. The predicted molar refractivity (Wildman–Crippen MR) is 83.8 cm³/mol. The predicted octanol–water partition coefficient (Wildman–Crippen LogP) is 4.39. The molecule has 1 N–H and O–H groups in total. The van der Waals surface area contributed by atoms with Gasteiger partial charge in [-0.15, -0.1) is 0 Å². The monoisotopic (exact) mass is 344 g/mol. The van der Waals surface area contributed by atoms with E-state index in [-0.39, 0.29) is 11.7 Å². The molecule has 0 saturated heterocycles. The van der Waals surface area contributed by atoms with E-state index in [1.807, 2.05) is 18.2 Å². The summed E-state index contributed by atoms with van der Waals surface area (Å²) in [6, 6.07) is 13.2. The van der Waals surface area contributed by atoms with Crippen molar-refractivity contribution in [1.82, 2.24) is 4.98 Å². The Morgan fingerprint density at radius 1 is 1.14 bits per heavy atom. The number of rotatable bonds is 2. The number of aromatic nitrogens is 1. The molecule has 0 radical (unpaired) electrons. The molecule has 1 aromatic heterocycles. The molecule has 21 heavy (non-hydrogen) atoms. The number of benzene rings is 2. The summed E-state index contributed by atoms with van der Waals surface area (Å²) in [5, 5.41) is 3.65. The van der Waals surface area contributed by atoms with Gasteiger partial charge in [-0.1, -0.05) is 18.2 Å². The zero-order valence-corrected chi connectivity index (χ0v) is 12.4. The fourth-order valence-electron chi connectivity index (χ4n) is 2.07. The summed E-state index contributed by atoms with van der Waals surface area (Å²) in [4.78, 5) is 16.6. The van der Waals surface area contributed by atoms with Crippen molar-refractivity contribution in [2.75, 3.05) is 5.32 Å². The second-order valence-electron chi connectivity index (χ2n) is 4.46. The number of nitrogens with zero attached hydrogens (tertiary/aromatic N) is 1. The van der Waals surface area contributed by atoms with E-state index in [1.165, 1.54) is 18.2 Å². The van der Waals surface area contributed by atoms with Gasteiger partial charge in [0.25, 0.3) is 5.91 Å². The molecule has 3 aromatic rings. The standard InChI is InChI=1S/C16H10BrFN2O/c17-13-9-11(18)6-7-14(13)20-16(21)12-5-1-3-10-4-2-8-19-15(10)12/h1-9H,(H,20,21). The lowest BCUT2D eigenvalue weighted by Crippen LogP contribution is -2.13. The fourth-order valence-corrected chi connectivity index (χ4v) is 2.52. The molecule has 5 heteroatoms. The van der Waals surface area contributed by atoms with Crippen molar-refractivity contribution in [2.45, 2.75) is 0 Å². The third-order valence-electron chi connectivity index (χ3n) is 3.06. The first-order valence-corrected chi connectivity index (χ1v) is 7.04. The van der Waals surface area contributed by atoms with Crippen LogP contribution < -0.4 is 5.32 Å². The van der Waals surface area contributed by atoms with Crippen molar-refractivity contribution in [3.63, 3.8) is 0 Å². The maximum absolute atomic E-state index is 13.1. The van der Waals surface area contributed by atoms with Gasteiger partial charge in [0.1, 0.15) is 5.82 Å². The molecule has 104 valence electrons. The molecular formula is C16H10BrFN2O. The van der Waals surface area contributed by atoms with Gasteiger partial charge in [0, 0.05) is 16.1 Å².